The Hall–Kier alpha value is -2.62. The van der Waals surface area contributed by atoms with Crippen molar-refractivity contribution in [2.24, 2.45) is 0 Å². The fraction of sp³-hybridized carbons (Fsp3) is 0.222. The van der Waals surface area contributed by atoms with Gasteiger partial charge in [0.2, 0.25) is 0 Å². The molecule has 2 rings (SSSR count). The quantitative estimate of drug-likeness (QED) is 0.490. The molecule has 0 heterocycles. The molecule has 2 aromatic carbocycles. The normalized spacial score (nSPS) is 10.2. The molecular formula is C18H18O4. The predicted octanol–water partition coefficient (Wildman–Crippen LogP) is 3.73. The number of Topliss-reactive ketones (excluding diaryl/α,β-unsaturated/α-hetero) is 1. The highest BCUT2D eigenvalue weighted by atomic mass is 16.5. The zero-order valence-electron chi connectivity index (χ0n) is 13.1. The van der Waals surface area contributed by atoms with Gasteiger partial charge in [0.05, 0.1) is 12.7 Å². The Balaban J connectivity index is 2.38. The van der Waals surface area contributed by atoms with Crippen LogP contribution in [0.2, 0.25) is 0 Å². The van der Waals surface area contributed by atoms with Crippen molar-refractivity contribution in [2.75, 3.05) is 7.11 Å². The van der Waals surface area contributed by atoms with E-state index >= 15 is 0 Å². The summed E-state index contributed by atoms with van der Waals surface area (Å²) in [6, 6.07) is 10.4. The van der Waals surface area contributed by atoms with E-state index in [9.17, 15) is 9.59 Å². The number of ether oxygens (including phenoxy) is 2. The summed E-state index contributed by atoms with van der Waals surface area (Å²) in [6.45, 7) is 5.20. The molecule has 0 fully saturated rings. The van der Waals surface area contributed by atoms with Gasteiger partial charge in [-0.3, -0.25) is 4.79 Å². The van der Waals surface area contributed by atoms with Crippen molar-refractivity contribution in [1.29, 1.82) is 0 Å². The van der Waals surface area contributed by atoms with Crippen molar-refractivity contribution in [1.82, 2.24) is 0 Å². The molecule has 0 saturated heterocycles. The van der Waals surface area contributed by atoms with Crippen LogP contribution >= 0.6 is 0 Å². The van der Waals surface area contributed by atoms with Gasteiger partial charge in [-0.1, -0.05) is 23.3 Å². The zero-order chi connectivity index (χ0) is 16.3. The summed E-state index contributed by atoms with van der Waals surface area (Å²) >= 11 is 0. The van der Waals surface area contributed by atoms with E-state index < -0.39 is 5.97 Å². The molecule has 22 heavy (non-hydrogen) atoms. The van der Waals surface area contributed by atoms with Crippen LogP contribution in [0.1, 0.15) is 38.8 Å². The van der Waals surface area contributed by atoms with E-state index in [0.29, 0.717) is 16.9 Å². The predicted molar refractivity (Wildman–Crippen MR) is 83.9 cm³/mol. The van der Waals surface area contributed by atoms with E-state index in [4.69, 9.17) is 9.47 Å². The van der Waals surface area contributed by atoms with Crippen molar-refractivity contribution < 1.29 is 19.1 Å². The molecule has 0 aliphatic heterocycles. The maximum Gasteiger partial charge on any atom is 0.347 e. The Labute approximate surface area is 129 Å². The van der Waals surface area contributed by atoms with E-state index in [2.05, 4.69) is 0 Å². The van der Waals surface area contributed by atoms with Gasteiger partial charge in [-0.2, -0.15) is 0 Å². The molecule has 0 atom stereocenters. The maximum atomic E-state index is 12.4. The van der Waals surface area contributed by atoms with E-state index in [1.807, 2.05) is 19.9 Å². The number of carbonyl (C=O) groups is 2. The summed E-state index contributed by atoms with van der Waals surface area (Å²) in [4.78, 5) is 24.1. The first-order chi connectivity index (χ1) is 10.4. The summed E-state index contributed by atoms with van der Waals surface area (Å²) in [5, 5.41) is 0. The van der Waals surface area contributed by atoms with Crippen LogP contribution in [0.5, 0.6) is 11.5 Å². The van der Waals surface area contributed by atoms with Crippen molar-refractivity contribution in [3.8, 4) is 11.5 Å². The van der Waals surface area contributed by atoms with E-state index in [1.165, 1.54) is 14.0 Å². The number of aryl methyl sites for hydroxylation is 2. The van der Waals surface area contributed by atoms with Crippen LogP contribution in [-0.2, 0) is 0 Å². The fourth-order valence-corrected chi connectivity index (χ4v) is 2.14. The fourth-order valence-electron chi connectivity index (χ4n) is 2.14. The first-order valence-electron chi connectivity index (χ1n) is 6.90. The van der Waals surface area contributed by atoms with Crippen LogP contribution < -0.4 is 9.47 Å². The lowest BCUT2D eigenvalue weighted by atomic mass is 10.1. The average Bonchev–Trinajstić information content (AvgIpc) is 2.48. The van der Waals surface area contributed by atoms with Crippen LogP contribution in [-0.4, -0.2) is 18.9 Å². The Morgan fingerprint density at radius 2 is 1.41 bits per heavy atom. The van der Waals surface area contributed by atoms with Crippen molar-refractivity contribution >= 4 is 11.8 Å². The minimum absolute atomic E-state index is 0.150. The van der Waals surface area contributed by atoms with Gasteiger partial charge in [-0.05, 0) is 45.0 Å². The van der Waals surface area contributed by atoms with E-state index in [0.717, 1.165) is 11.1 Å². The molecule has 4 nitrogen and oxygen atoms in total. The molecular weight excluding hydrogens is 280 g/mol. The van der Waals surface area contributed by atoms with Gasteiger partial charge in [0.1, 0.15) is 17.1 Å². The second-order valence-corrected chi connectivity index (χ2v) is 5.15. The summed E-state index contributed by atoms with van der Waals surface area (Å²) in [5.74, 6) is -0.00615. The molecule has 0 N–H and O–H groups in total. The van der Waals surface area contributed by atoms with Gasteiger partial charge in [0, 0.05) is 0 Å². The third-order valence-corrected chi connectivity index (χ3v) is 3.29. The van der Waals surface area contributed by atoms with Crippen molar-refractivity contribution in [3.63, 3.8) is 0 Å². The molecule has 0 radical (unpaired) electrons. The highest BCUT2D eigenvalue weighted by molar-refractivity contribution is 5.99. The first kappa shape index (κ1) is 15.8. The van der Waals surface area contributed by atoms with Crippen molar-refractivity contribution in [3.05, 3.63) is 58.7 Å². The number of ketones is 1. The largest absolute Gasteiger partial charge is 0.496 e. The molecule has 0 spiro atoms. The molecule has 0 aromatic heterocycles. The third kappa shape index (κ3) is 3.34. The number of methoxy groups -OCH3 is 1. The van der Waals surface area contributed by atoms with Crippen LogP contribution in [0.15, 0.2) is 36.4 Å². The highest BCUT2D eigenvalue weighted by Gasteiger charge is 2.18. The van der Waals surface area contributed by atoms with Gasteiger partial charge in [-0.25, -0.2) is 4.79 Å². The number of hydrogen-bond donors (Lipinski definition) is 0. The van der Waals surface area contributed by atoms with Crippen LogP contribution in [0, 0.1) is 13.8 Å². The number of esters is 1. The minimum atomic E-state index is -0.549. The van der Waals surface area contributed by atoms with Crippen LogP contribution in [0.4, 0.5) is 0 Å². The van der Waals surface area contributed by atoms with E-state index in [-0.39, 0.29) is 11.5 Å². The molecule has 0 aliphatic rings. The van der Waals surface area contributed by atoms with Gasteiger partial charge in [0.25, 0.3) is 0 Å². The molecule has 0 saturated carbocycles. The van der Waals surface area contributed by atoms with Gasteiger partial charge >= 0.3 is 5.97 Å². The van der Waals surface area contributed by atoms with Gasteiger partial charge < -0.3 is 9.47 Å². The SMILES string of the molecule is COc1ccc(C)cc1C(=O)Oc1ccc(C)cc1C(C)=O. The lowest BCUT2D eigenvalue weighted by molar-refractivity contribution is 0.0729. The molecule has 0 amide bonds. The monoisotopic (exact) mass is 298 g/mol. The Bertz CT molecular complexity index is 732. The van der Waals surface area contributed by atoms with Gasteiger partial charge in [-0.15, -0.1) is 0 Å². The molecule has 0 aliphatic carbocycles. The lowest BCUT2D eigenvalue weighted by Crippen LogP contribution is -2.12. The Morgan fingerprint density at radius 1 is 0.864 bits per heavy atom. The average molecular weight is 298 g/mol. The standard InChI is InChI=1S/C18H18O4/c1-11-6-8-17(14(9-11)13(3)19)22-18(20)15-10-12(2)5-7-16(15)21-4/h5-10H,1-4H3. The van der Waals surface area contributed by atoms with Crippen LogP contribution in [0.3, 0.4) is 0 Å². The summed E-state index contributed by atoms with van der Waals surface area (Å²) < 4.78 is 10.6. The Kier molecular flexibility index (Phi) is 4.61. The third-order valence-electron chi connectivity index (χ3n) is 3.29. The smallest absolute Gasteiger partial charge is 0.347 e. The number of hydrogen-bond acceptors (Lipinski definition) is 4. The van der Waals surface area contributed by atoms with E-state index in [1.54, 1.807) is 30.3 Å². The summed E-state index contributed by atoms with van der Waals surface area (Å²) in [5.41, 5.74) is 2.57. The summed E-state index contributed by atoms with van der Waals surface area (Å²) in [7, 11) is 1.49. The molecule has 0 bridgehead atoms. The minimum Gasteiger partial charge on any atom is -0.496 e. The van der Waals surface area contributed by atoms with Crippen molar-refractivity contribution in [2.45, 2.75) is 20.8 Å². The highest BCUT2D eigenvalue weighted by Crippen LogP contribution is 2.25. The Morgan fingerprint density at radius 3 is 1.95 bits per heavy atom. The number of benzene rings is 2. The second-order valence-electron chi connectivity index (χ2n) is 5.15. The van der Waals surface area contributed by atoms with Gasteiger partial charge in [0.15, 0.2) is 5.78 Å². The topological polar surface area (TPSA) is 52.6 Å². The number of carbonyl (C=O) groups excluding carboxylic acids is 2. The number of rotatable bonds is 4. The lowest BCUT2D eigenvalue weighted by Gasteiger charge is -2.11. The van der Waals surface area contributed by atoms with Crippen LogP contribution in [0.25, 0.3) is 0 Å². The molecule has 4 heteroatoms. The zero-order valence-corrected chi connectivity index (χ0v) is 13.1. The molecule has 0 unspecified atom stereocenters. The molecule has 2 aromatic rings. The molecule has 114 valence electrons. The first-order valence-corrected chi connectivity index (χ1v) is 6.90. The maximum absolute atomic E-state index is 12.4. The summed E-state index contributed by atoms with van der Waals surface area (Å²) in [6.07, 6.45) is 0. The second kappa shape index (κ2) is 6.43.